The van der Waals surface area contributed by atoms with Gasteiger partial charge in [-0.15, -0.1) is 0 Å². The van der Waals surface area contributed by atoms with Crippen molar-refractivity contribution >= 4 is 17.6 Å². The summed E-state index contributed by atoms with van der Waals surface area (Å²) in [6.45, 7) is 0.445. The van der Waals surface area contributed by atoms with Crippen LogP contribution in [0.2, 0.25) is 0 Å². The van der Waals surface area contributed by atoms with Crippen molar-refractivity contribution < 1.29 is 19.8 Å². The molecule has 0 aliphatic carbocycles. The molecular weight excluding hydrogens is 262 g/mol. The number of aliphatic hydroxyl groups is 2. The van der Waals surface area contributed by atoms with Crippen LogP contribution in [0, 0.1) is 0 Å². The minimum absolute atomic E-state index is 0.256. The summed E-state index contributed by atoms with van der Waals surface area (Å²) in [5.74, 6) is -0.501. The molecule has 0 saturated heterocycles. The molecule has 0 saturated carbocycles. The van der Waals surface area contributed by atoms with Crippen LogP contribution in [-0.2, 0) is 4.79 Å². The Bertz CT molecular complexity index is 446. The predicted octanol–water partition coefficient (Wildman–Crippen LogP) is -0.332. The Morgan fingerprint density at radius 1 is 1.15 bits per heavy atom. The third-order valence-electron chi connectivity index (χ3n) is 2.58. The average Bonchev–Trinajstić information content (AvgIpc) is 2.46. The molecule has 1 aromatic rings. The summed E-state index contributed by atoms with van der Waals surface area (Å²) in [6, 6.07) is 8.29. The molecule has 20 heavy (non-hydrogen) atoms. The molecule has 0 unspecified atom stereocenters. The van der Waals surface area contributed by atoms with Crippen molar-refractivity contribution in [2.24, 2.45) is 0 Å². The standard InChI is InChI=1S/C13H19N3O4/c1-13(8-17,9-18)16-11(19)7-14-12(20)15-10-5-3-2-4-6-10/h2-6,17-18H,7-9H2,1H3,(H,16,19)(H2,14,15,20). The molecule has 0 aromatic heterocycles. The fraction of sp³-hybridized carbons (Fsp3) is 0.385. The number of benzene rings is 1. The van der Waals surface area contributed by atoms with Gasteiger partial charge in [0.1, 0.15) is 0 Å². The average molecular weight is 281 g/mol. The van der Waals surface area contributed by atoms with Crippen LogP contribution in [0.3, 0.4) is 0 Å². The fourth-order valence-corrected chi connectivity index (χ4v) is 1.37. The maximum absolute atomic E-state index is 11.6. The first kappa shape index (κ1) is 15.9. The number of para-hydroxylation sites is 1. The van der Waals surface area contributed by atoms with Gasteiger partial charge in [0, 0.05) is 5.69 Å². The maximum Gasteiger partial charge on any atom is 0.319 e. The maximum atomic E-state index is 11.6. The van der Waals surface area contributed by atoms with Crippen LogP contribution in [0.5, 0.6) is 0 Å². The van der Waals surface area contributed by atoms with Crippen LogP contribution in [0.25, 0.3) is 0 Å². The molecule has 5 N–H and O–H groups in total. The zero-order chi connectivity index (χ0) is 15.0. The van der Waals surface area contributed by atoms with Crippen molar-refractivity contribution in [1.29, 1.82) is 0 Å². The molecule has 0 heterocycles. The Hall–Kier alpha value is -2.12. The second-order valence-corrected chi connectivity index (χ2v) is 4.60. The zero-order valence-electron chi connectivity index (χ0n) is 11.2. The van der Waals surface area contributed by atoms with Gasteiger partial charge >= 0.3 is 6.03 Å². The van der Waals surface area contributed by atoms with E-state index in [0.29, 0.717) is 5.69 Å². The van der Waals surface area contributed by atoms with Crippen LogP contribution < -0.4 is 16.0 Å². The molecule has 0 fully saturated rings. The van der Waals surface area contributed by atoms with Gasteiger partial charge in [0.2, 0.25) is 5.91 Å². The number of aliphatic hydroxyl groups excluding tert-OH is 2. The van der Waals surface area contributed by atoms with Gasteiger partial charge in [-0.05, 0) is 19.1 Å². The summed E-state index contributed by atoms with van der Waals surface area (Å²) in [5, 5.41) is 25.4. The van der Waals surface area contributed by atoms with Gasteiger partial charge < -0.3 is 26.2 Å². The molecule has 0 radical (unpaired) electrons. The highest BCUT2D eigenvalue weighted by Gasteiger charge is 2.24. The first-order valence-corrected chi connectivity index (χ1v) is 6.12. The number of urea groups is 1. The SMILES string of the molecule is CC(CO)(CO)NC(=O)CNC(=O)Nc1ccccc1. The van der Waals surface area contributed by atoms with Crippen molar-refractivity contribution in [3.63, 3.8) is 0 Å². The van der Waals surface area contributed by atoms with Gasteiger partial charge in [-0.25, -0.2) is 4.79 Å². The number of nitrogens with one attached hydrogen (secondary N) is 3. The zero-order valence-corrected chi connectivity index (χ0v) is 11.2. The van der Waals surface area contributed by atoms with E-state index in [1.54, 1.807) is 24.3 Å². The van der Waals surface area contributed by atoms with E-state index in [1.807, 2.05) is 6.07 Å². The number of rotatable bonds is 6. The third-order valence-corrected chi connectivity index (χ3v) is 2.58. The molecule has 0 spiro atoms. The number of carbonyl (C=O) groups excluding carboxylic acids is 2. The minimum atomic E-state index is -1.10. The molecule has 0 atom stereocenters. The van der Waals surface area contributed by atoms with Crippen LogP contribution in [0.1, 0.15) is 6.92 Å². The van der Waals surface area contributed by atoms with E-state index in [9.17, 15) is 9.59 Å². The summed E-state index contributed by atoms with van der Waals surface area (Å²) < 4.78 is 0. The van der Waals surface area contributed by atoms with Crippen molar-refractivity contribution in [2.75, 3.05) is 25.1 Å². The van der Waals surface area contributed by atoms with E-state index in [2.05, 4.69) is 16.0 Å². The minimum Gasteiger partial charge on any atom is -0.394 e. The molecule has 110 valence electrons. The summed E-state index contributed by atoms with van der Waals surface area (Å²) in [5.41, 5.74) is -0.491. The molecule has 7 heteroatoms. The van der Waals surface area contributed by atoms with Crippen molar-refractivity contribution in [3.05, 3.63) is 30.3 Å². The fourth-order valence-electron chi connectivity index (χ4n) is 1.37. The Balaban J connectivity index is 2.36. The lowest BCUT2D eigenvalue weighted by molar-refractivity contribution is -0.123. The van der Waals surface area contributed by atoms with Gasteiger partial charge in [-0.1, -0.05) is 18.2 Å². The lowest BCUT2D eigenvalue weighted by atomic mass is 10.1. The summed E-state index contributed by atoms with van der Waals surface area (Å²) in [6.07, 6.45) is 0. The van der Waals surface area contributed by atoms with Crippen molar-refractivity contribution in [1.82, 2.24) is 10.6 Å². The number of hydrogen-bond acceptors (Lipinski definition) is 4. The van der Waals surface area contributed by atoms with E-state index in [1.165, 1.54) is 6.92 Å². The van der Waals surface area contributed by atoms with Crippen LogP contribution >= 0.6 is 0 Å². The molecule has 0 bridgehead atoms. The van der Waals surface area contributed by atoms with Gasteiger partial charge in [0.15, 0.2) is 0 Å². The second kappa shape index (κ2) is 7.46. The predicted molar refractivity (Wildman–Crippen MR) is 74.2 cm³/mol. The first-order chi connectivity index (χ1) is 9.49. The largest absolute Gasteiger partial charge is 0.394 e. The Labute approximate surface area is 117 Å². The Morgan fingerprint density at radius 3 is 2.30 bits per heavy atom. The molecule has 0 aliphatic heterocycles. The highest BCUT2D eigenvalue weighted by Crippen LogP contribution is 2.04. The quantitative estimate of drug-likeness (QED) is 0.491. The van der Waals surface area contributed by atoms with Crippen molar-refractivity contribution in [3.8, 4) is 0 Å². The molecule has 3 amide bonds. The summed E-state index contributed by atoms with van der Waals surface area (Å²) in [7, 11) is 0. The van der Waals surface area contributed by atoms with Crippen LogP contribution in [0.4, 0.5) is 10.5 Å². The lowest BCUT2D eigenvalue weighted by Crippen LogP contribution is -2.54. The van der Waals surface area contributed by atoms with Gasteiger partial charge in [0.25, 0.3) is 0 Å². The summed E-state index contributed by atoms with van der Waals surface area (Å²) in [4.78, 5) is 23.1. The van der Waals surface area contributed by atoms with Gasteiger partial charge in [-0.3, -0.25) is 4.79 Å². The van der Waals surface area contributed by atoms with E-state index in [0.717, 1.165) is 0 Å². The Morgan fingerprint density at radius 2 is 1.75 bits per heavy atom. The van der Waals surface area contributed by atoms with E-state index >= 15 is 0 Å². The van der Waals surface area contributed by atoms with Crippen LogP contribution in [0.15, 0.2) is 30.3 Å². The first-order valence-electron chi connectivity index (χ1n) is 6.12. The van der Waals surface area contributed by atoms with Crippen LogP contribution in [-0.4, -0.2) is 47.4 Å². The van der Waals surface area contributed by atoms with Gasteiger partial charge in [-0.2, -0.15) is 0 Å². The topological polar surface area (TPSA) is 111 Å². The summed E-state index contributed by atoms with van der Waals surface area (Å²) >= 11 is 0. The normalized spacial score (nSPS) is 10.8. The highest BCUT2D eigenvalue weighted by atomic mass is 16.3. The number of anilines is 1. The second-order valence-electron chi connectivity index (χ2n) is 4.60. The Kier molecular flexibility index (Phi) is 5.95. The monoisotopic (exact) mass is 281 g/mol. The molecular formula is C13H19N3O4. The highest BCUT2D eigenvalue weighted by molar-refractivity contribution is 5.92. The smallest absolute Gasteiger partial charge is 0.319 e. The molecule has 0 aliphatic rings. The van der Waals surface area contributed by atoms with Gasteiger partial charge in [0.05, 0.1) is 25.3 Å². The lowest BCUT2D eigenvalue weighted by Gasteiger charge is -2.26. The number of carbonyl (C=O) groups is 2. The van der Waals surface area contributed by atoms with E-state index in [4.69, 9.17) is 10.2 Å². The molecule has 1 rings (SSSR count). The molecule has 7 nitrogen and oxygen atoms in total. The van der Waals surface area contributed by atoms with E-state index in [-0.39, 0.29) is 6.54 Å². The number of amides is 3. The van der Waals surface area contributed by atoms with E-state index < -0.39 is 30.7 Å². The molecule has 1 aromatic carbocycles. The number of hydrogen-bond donors (Lipinski definition) is 5. The third kappa shape index (κ3) is 5.25. The van der Waals surface area contributed by atoms with Crippen molar-refractivity contribution in [2.45, 2.75) is 12.5 Å².